The Morgan fingerprint density at radius 3 is 2.16 bits per heavy atom. The van der Waals surface area contributed by atoms with Crippen LogP contribution in [0.1, 0.15) is 130 Å². The summed E-state index contributed by atoms with van der Waals surface area (Å²) < 4.78 is 0. The van der Waals surface area contributed by atoms with E-state index in [9.17, 15) is 5.11 Å². The maximum absolute atomic E-state index is 10.3. The van der Waals surface area contributed by atoms with Crippen LogP contribution >= 0.6 is 0 Å². The van der Waals surface area contributed by atoms with E-state index in [0.29, 0.717) is 16.2 Å². The monoisotopic (exact) mass is 428 g/mol. The highest BCUT2D eigenvalue weighted by Gasteiger charge is 2.59. The van der Waals surface area contributed by atoms with Gasteiger partial charge in [0.25, 0.3) is 0 Å². The third-order valence-corrected chi connectivity index (χ3v) is 12.5. The van der Waals surface area contributed by atoms with Crippen LogP contribution < -0.4 is 0 Å². The molecule has 0 heterocycles. The molecule has 0 aromatic carbocycles. The molecule has 5 aliphatic rings. The van der Waals surface area contributed by atoms with Gasteiger partial charge in [-0.3, -0.25) is 0 Å². The highest BCUT2D eigenvalue weighted by Crippen LogP contribution is 2.68. The maximum atomic E-state index is 10.3. The zero-order valence-corrected chi connectivity index (χ0v) is 21.3. The molecule has 5 saturated carbocycles. The van der Waals surface area contributed by atoms with Crippen LogP contribution in [0.4, 0.5) is 0 Å². The summed E-state index contributed by atoms with van der Waals surface area (Å²) >= 11 is 0. The fourth-order valence-electron chi connectivity index (χ4n) is 10.2. The van der Waals surface area contributed by atoms with Crippen LogP contribution in [0, 0.1) is 51.8 Å². The van der Waals surface area contributed by atoms with E-state index < -0.39 is 0 Å². The first-order valence-corrected chi connectivity index (χ1v) is 14.4. The van der Waals surface area contributed by atoms with Crippen LogP contribution in [0.2, 0.25) is 0 Å². The molecule has 0 aromatic rings. The first kappa shape index (κ1) is 22.7. The predicted molar refractivity (Wildman–Crippen MR) is 131 cm³/mol. The van der Waals surface area contributed by atoms with Crippen molar-refractivity contribution in [3.05, 3.63) is 0 Å². The minimum atomic E-state index is -0.00502. The second-order valence-electron chi connectivity index (χ2n) is 14.4. The summed E-state index contributed by atoms with van der Waals surface area (Å²) in [6.45, 7) is 10.3. The molecule has 0 amide bonds. The Morgan fingerprint density at radius 1 is 0.677 bits per heavy atom. The molecule has 0 spiro atoms. The van der Waals surface area contributed by atoms with Gasteiger partial charge in [-0.25, -0.2) is 0 Å². The molecule has 8 atom stereocenters. The topological polar surface area (TPSA) is 20.2 Å². The summed E-state index contributed by atoms with van der Waals surface area (Å²) in [6, 6.07) is 0. The van der Waals surface area contributed by atoms with Gasteiger partial charge in [0.15, 0.2) is 0 Å². The van der Waals surface area contributed by atoms with Crippen LogP contribution in [0.5, 0.6) is 0 Å². The van der Waals surface area contributed by atoms with E-state index in [1.165, 1.54) is 89.9 Å². The van der Waals surface area contributed by atoms with Crippen LogP contribution in [-0.4, -0.2) is 11.2 Å². The van der Waals surface area contributed by atoms with E-state index in [1.807, 2.05) is 0 Å². The summed E-state index contributed by atoms with van der Waals surface area (Å²) in [4.78, 5) is 0. The quantitative estimate of drug-likeness (QED) is 0.476. The Bertz CT molecular complexity index is 628. The van der Waals surface area contributed by atoms with Crippen molar-refractivity contribution in [3.63, 3.8) is 0 Å². The fraction of sp³-hybridized carbons (Fsp3) is 1.00. The normalized spacial score (nSPS) is 49.8. The zero-order valence-electron chi connectivity index (χ0n) is 21.3. The number of hydrogen-bond donors (Lipinski definition) is 1. The number of rotatable bonds is 4. The van der Waals surface area contributed by atoms with E-state index in [1.54, 1.807) is 0 Å². The molecular formula is C30H52O. The molecule has 0 saturated heterocycles. The standard InChI is InChI=1S/C30H52O/c1-28(2)16-12-21(13-17-28)6-5-7-22-9-11-26-25-10-8-23-20-24(31)14-18-30(23,4)27(25)15-19-29(22,26)3/h21-27,31H,5-20H2,1-4H3/t22-,23?,24-,25-,26?,27?,29+,30?/m0/s1. The molecular weight excluding hydrogens is 376 g/mol. The van der Waals surface area contributed by atoms with Gasteiger partial charge in [-0.05, 0) is 142 Å². The van der Waals surface area contributed by atoms with Gasteiger partial charge in [0.05, 0.1) is 6.10 Å². The minimum absolute atomic E-state index is 0.00502. The lowest BCUT2D eigenvalue weighted by Crippen LogP contribution is -2.53. The highest BCUT2D eigenvalue weighted by atomic mass is 16.3. The summed E-state index contributed by atoms with van der Waals surface area (Å²) in [5, 5.41) is 10.3. The Kier molecular flexibility index (Phi) is 6.10. The van der Waals surface area contributed by atoms with E-state index in [0.717, 1.165) is 48.3 Å². The molecule has 1 N–H and O–H groups in total. The average Bonchev–Trinajstić information content (AvgIpc) is 3.06. The van der Waals surface area contributed by atoms with Gasteiger partial charge in [-0.2, -0.15) is 0 Å². The molecule has 5 rings (SSSR count). The second kappa shape index (κ2) is 8.32. The van der Waals surface area contributed by atoms with Gasteiger partial charge in [-0.15, -0.1) is 0 Å². The van der Waals surface area contributed by atoms with Crippen molar-refractivity contribution in [2.24, 2.45) is 51.8 Å². The summed E-state index contributed by atoms with van der Waals surface area (Å²) in [7, 11) is 0. The molecule has 0 aromatic heterocycles. The van der Waals surface area contributed by atoms with E-state index in [2.05, 4.69) is 27.7 Å². The molecule has 31 heavy (non-hydrogen) atoms. The molecule has 178 valence electrons. The third-order valence-electron chi connectivity index (χ3n) is 12.5. The number of aliphatic hydroxyl groups is 1. The van der Waals surface area contributed by atoms with Crippen LogP contribution in [0.3, 0.4) is 0 Å². The van der Waals surface area contributed by atoms with E-state index in [-0.39, 0.29) is 6.10 Å². The van der Waals surface area contributed by atoms with Crippen LogP contribution in [0.25, 0.3) is 0 Å². The van der Waals surface area contributed by atoms with Crippen LogP contribution in [0.15, 0.2) is 0 Å². The van der Waals surface area contributed by atoms with Gasteiger partial charge in [0, 0.05) is 0 Å². The van der Waals surface area contributed by atoms with Crippen molar-refractivity contribution in [1.82, 2.24) is 0 Å². The number of aliphatic hydroxyl groups excluding tert-OH is 1. The van der Waals surface area contributed by atoms with Crippen molar-refractivity contribution in [2.75, 3.05) is 0 Å². The zero-order chi connectivity index (χ0) is 21.9. The highest BCUT2D eigenvalue weighted by molar-refractivity contribution is 5.09. The molecule has 5 fully saturated rings. The Hall–Kier alpha value is -0.0400. The van der Waals surface area contributed by atoms with Gasteiger partial charge in [0.2, 0.25) is 0 Å². The summed E-state index contributed by atoms with van der Waals surface area (Å²) in [5.41, 5.74) is 1.80. The van der Waals surface area contributed by atoms with E-state index >= 15 is 0 Å². The fourth-order valence-corrected chi connectivity index (χ4v) is 10.2. The van der Waals surface area contributed by atoms with Gasteiger partial charge < -0.3 is 5.11 Å². The van der Waals surface area contributed by atoms with Gasteiger partial charge in [-0.1, -0.05) is 40.5 Å². The van der Waals surface area contributed by atoms with Crippen molar-refractivity contribution in [3.8, 4) is 0 Å². The van der Waals surface area contributed by atoms with Crippen molar-refractivity contribution >= 4 is 0 Å². The molecule has 1 nitrogen and oxygen atoms in total. The smallest absolute Gasteiger partial charge is 0.0543 e. The van der Waals surface area contributed by atoms with Gasteiger partial charge in [0.1, 0.15) is 0 Å². The van der Waals surface area contributed by atoms with Crippen molar-refractivity contribution in [1.29, 1.82) is 0 Å². The second-order valence-corrected chi connectivity index (χ2v) is 14.4. The van der Waals surface area contributed by atoms with Crippen LogP contribution in [-0.2, 0) is 0 Å². The molecule has 0 bridgehead atoms. The molecule has 1 heteroatoms. The lowest BCUT2D eigenvalue weighted by molar-refractivity contribution is -0.127. The lowest BCUT2D eigenvalue weighted by Gasteiger charge is -2.61. The van der Waals surface area contributed by atoms with E-state index in [4.69, 9.17) is 0 Å². The minimum Gasteiger partial charge on any atom is -0.393 e. The molecule has 0 aliphatic heterocycles. The maximum Gasteiger partial charge on any atom is 0.0543 e. The van der Waals surface area contributed by atoms with Crippen molar-refractivity contribution in [2.45, 2.75) is 137 Å². The number of hydrogen-bond acceptors (Lipinski definition) is 1. The Morgan fingerprint density at radius 2 is 1.39 bits per heavy atom. The molecule has 0 radical (unpaired) electrons. The Labute approximate surface area is 193 Å². The number of fused-ring (bicyclic) bond motifs is 5. The van der Waals surface area contributed by atoms with Gasteiger partial charge >= 0.3 is 0 Å². The first-order valence-electron chi connectivity index (χ1n) is 14.4. The SMILES string of the molecule is CC1(C)CCC(CCC[C@H]2CCC3[C@@H]4CCC5C[C@@H](O)CCC5(C)C4CC[C@@]32C)CC1. The average molecular weight is 429 g/mol. The Balaban J connectivity index is 1.18. The predicted octanol–water partition coefficient (Wildman–Crippen LogP) is 8.39. The summed E-state index contributed by atoms with van der Waals surface area (Å²) in [6.07, 6.45) is 22.9. The largest absolute Gasteiger partial charge is 0.393 e. The third kappa shape index (κ3) is 4.06. The van der Waals surface area contributed by atoms with Crippen molar-refractivity contribution < 1.29 is 5.11 Å². The summed E-state index contributed by atoms with van der Waals surface area (Å²) in [5.74, 6) is 5.82. The first-order chi connectivity index (χ1) is 14.7. The molecule has 5 aliphatic carbocycles. The molecule has 4 unspecified atom stereocenters. The lowest BCUT2D eigenvalue weighted by atomic mass is 9.44.